The average molecular weight is 534 g/mol. The largest absolute Gasteiger partial charge is 0.483 e. The minimum Gasteiger partial charge on any atom is -0.483 e. The van der Waals surface area contributed by atoms with Crippen LogP contribution in [-0.2, 0) is 4.79 Å². The molecule has 0 aliphatic carbocycles. The normalized spacial score (nSPS) is 15.2. The van der Waals surface area contributed by atoms with Crippen LogP contribution in [0.5, 0.6) is 0 Å². The van der Waals surface area contributed by atoms with Crippen LogP contribution in [-0.4, -0.2) is 53.2 Å². The summed E-state index contributed by atoms with van der Waals surface area (Å²) in [6, 6.07) is 10.5. The Kier molecular flexibility index (Phi) is 11.7. The van der Waals surface area contributed by atoms with E-state index in [1.165, 1.54) is 24.4 Å². The highest BCUT2D eigenvalue weighted by atomic mass is 19.4. The Balaban J connectivity index is 0.00000161. The van der Waals surface area contributed by atoms with E-state index in [2.05, 4.69) is 10.3 Å². The van der Waals surface area contributed by atoms with Crippen LogP contribution in [0.1, 0.15) is 41.3 Å². The van der Waals surface area contributed by atoms with Crippen molar-refractivity contribution < 1.29 is 32.3 Å². The Morgan fingerprint density at radius 3 is 2.24 bits per heavy atom. The summed E-state index contributed by atoms with van der Waals surface area (Å²) >= 11 is 0. The number of allylic oxidation sites excluding steroid dienone is 5. The smallest absolute Gasteiger partial charge is 0.417 e. The quantitative estimate of drug-likeness (QED) is 0.244. The highest BCUT2D eigenvalue weighted by Crippen LogP contribution is 2.36. The standard InChI is InChI=1S/C27H29F4N3O.CH2O2/c1-3-4-5-24(27(29,30)31)23(16-28)22-10-11-25(33-18-22)32-17-20-12-14-34(15-13-20)26(35)21-8-6-19(2)7-9-21;2-1-3/h3-11,16,18,20H,12-15,17H2,1-2H3,(H,32,33);1H,(H,2,3)/b4-3-,23-16+,24-5+;. The molecule has 0 unspecified atom stereocenters. The lowest BCUT2D eigenvalue weighted by molar-refractivity contribution is -0.122. The van der Waals surface area contributed by atoms with Gasteiger partial charge in [-0.2, -0.15) is 13.2 Å². The highest BCUT2D eigenvalue weighted by Gasteiger charge is 2.36. The second kappa shape index (κ2) is 14.7. The molecule has 0 radical (unpaired) electrons. The molecule has 6 nitrogen and oxygen atoms in total. The summed E-state index contributed by atoms with van der Waals surface area (Å²) in [5.74, 6) is 0.864. The van der Waals surface area contributed by atoms with E-state index in [-0.39, 0.29) is 24.3 Å². The summed E-state index contributed by atoms with van der Waals surface area (Å²) in [5.41, 5.74) is 0.185. The van der Waals surface area contributed by atoms with Crippen LogP contribution in [0.25, 0.3) is 5.57 Å². The topological polar surface area (TPSA) is 82.5 Å². The summed E-state index contributed by atoms with van der Waals surface area (Å²) in [6.07, 6.45) is 1.65. The lowest BCUT2D eigenvalue weighted by atomic mass is 9.96. The minimum absolute atomic E-state index is 0.0343. The number of piperidine rings is 1. The van der Waals surface area contributed by atoms with Crippen molar-refractivity contribution in [3.05, 3.63) is 89.4 Å². The van der Waals surface area contributed by atoms with Crippen LogP contribution in [0.4, 0.5) is 23.4 Å². The van der Waals surface area contributed by atoms with Gasteiger partial charge in [0.2, 0.25) is 0 Å². The van der Waals surface area contributed by atoms with Crippen LogP contribution in [0, 0.1) is 12.8 Å². The maximum atomic E-state index is 13.5. The van der Waals surface area contributed by atoms with Crippen LogP contribution in [0.3, 0.4) is 0 Å². The predicted molar refractivity (Wildman–Crippen MR) is 139 cm³/mol. The van der Waals surface area contributed by atoms with Crippen molar-refractivity contribution in [3.63, 3.8) is 0 Å². The lowest BCUT2D eigenvalue weighted by Gasteiger charge is -2.32. The van der Waals surface area contributed by atoms with Crippen LogP contribution >= 0.6 is 0 Å². The van der Waals surface area contributed by atoms with Gasteiger partial charge in [-0.3, -0.25) is 9.59 Å². The number of carbonyl (C=O) groups excluding carboxylic acids is 1. The first-order chi connectivity index (χ1) is 18.1. The van der Waals surface area contributed by atoms with E-state index in [9.17, 15) is 22.4 Å². The number of pyridine rings is 1. The number of carboxylic acid groups (broad SMARTS) is 1. The third kappa shape index (κ3) is 8.86. The van der Waals surface area contributed by atoms with E-state index < -0.39 is 17.3 Å². The highest BCUT2D eigenvalue weighted by molar-refractivity contribution is 5.94. The Bertz CT molecular complexity index is 1130. The molecule has 1 amide bonds. The first-order valence-corrected chi connectivity index (χ1v) is 12.0. The number of likely N-dealkylation sites (tertiary alicyclic amines) is 1. The van der Waals surface area contributed by atoms with Crippen molar-refractivity contribution >= 4 is 23.8 Å². The van der Waals surface area contributed by atoms with Crippen molar-refractivity contribution in [2.45, 2.75) is 32.9 Å². The van der Waals surface area contributed by atoms with E-state index in [1.54, 1.807) is 13.0 Å². The van der Waals surface area contributed by atoms with Gasteiger partial charge in [-0.25, -0.2) is 9.37 Å². The van der Waals surface area contributed by atoms with E-state index in [1.807, 2.05) is 36.1 Å². The molecule has 38 heavy (non-hydrogen) atoms. The fourth-order valence-electron chi connectivity index (χ4n) is 3.93. The molecule has 1 fully saturated rings. The number of nitrogens with one attached hydrogen (secondary N) is 1. The fourth-order valence-corrected chi connectivity index (χ4v) is 3.93. The van der Waals surface area contributed by atoms with Crippen LogP contribution in [0.2, 0.25) is 0 Å². The average Bonchev–Trinajstić information content (AvgIpc) is 2.90. The molecule has 2 aromatic rings. The third-order valence-corrected chi connectivity index (χ3v) is 6.01. The number of nitrogens with zero attached hydrogens (tertiary/aromatic N) is 2. The maximum Gasteiger partial charge on any atom is 0.417 e. The number of alkyl halides is 3. The third-order valence-electron chi connectivity index (χ3n) is 6.01. The van der Waals surface area contributed by atoms with Crippen LogP contribution in [0.15, 0.2) is 72.7 Å². The SMILES string of the molecule is C\C=C/C=C(\C(=C\F)c1ccc(NCC2CCN(C(=O)c3ccc(C)cc3)CC2)nc1)C(F)(F)F.O=CO. The van der Waals surface area contributed by atoms with E-state index >= 15 is 0 Å². The van der Waals surface area contributed by atoms with E-state index in [0.29, 0.717) is 36.9 Å². The number of aromatic nitrogens is 1. The van der Waals surface area contributed by atoms with Gasteiger partial charge >= 0.3 is 6.18 Å². The van der Waals surface area contributed by atoms with Gasteiger partial charge < -0.3 is 15.3 Å². The molecule has 1 aromatic carbocycles. The molecule has 204 valence electrons. The molecule has 2 heterocycles. The number of hydrogen-bond acceptors (Lipinski definition) is 4. The minimum atomic E-state index is -4.70. The number of rotatable bonds is 7. The second-order valence-corrected chi connectivity index (χ2v) is 8.65. The Labute approximate surface area is 219 Å². The molecule has 2 N–H and O–H groups in total. The summed E-state index contributed by atoms with van der Waals surface area (Å²) in [6.45, 7) is 5.26. The second-order valence-electron chi connectivity index (χ2n) is 8.65. The zero-order valence-electron chi connectivity index (χ0n) is 21.2. The molecular weight excluding hydrogens is 502 g/mol. The van der Waals surface area contributed by atoms with Gasteiger partial charge in [0.25, 0.3) is 12.4 Å². The van der Waals surface area contributed by atoms with Gasteiger partial charge in [-0.05, 0) is 62.9 Å². The monoisotopic (exact) mass is 533 g/mol. The van der Waals surface area contributed by atoms with Gasteiger partial charge in [0, 0.05) is 42.5 Å². The zero-order chi connectivity index (χ0) is 28.1. The lowest BCUT2D eigenvalue weighted by Crippen LogP contribution is -2.39. The molecule has 3 rings (SSSR count). The summed E-state index contributed by atoms with van der Waals surface area (Å²) in [4.78, 5) is 27.1. The molecular formula is C28H31F4N3O3. The fraction of sp³-hybridized carbons (Fsp3) is 0.321. The molecule has 0 atom stereocenters. The van der Waals surface area contributed by atoms with Crippen molar-refractivity contribution in [2.24, 2.45) is 5.92 Å². The maximum absolute atomic E-state index is 13.5. The number of amides is 1. The van der Waals surface area contributed by atoms with Crippen molar-refractivity contribution in [1.82, 2.24) is 9.88 Å². The molecule has 0 bridgehead atoms. The first kappa shape index (κ1) is 30.3. The van der Waals surface area contributed by atoms with Gasteiger partial charge in [0.15, 0.2) is 0 Å². The molecule has 0 spiro atoms. The van der Waals surface area contributed by atoms with Gasteiger partial charge in [-0.15, -0.1) is 0 Å². The van der Waals surface area contributed by atoms with Gasteiger partial charge in [0.05, 0.1) is 11.9 Å². The van der Waals surface area contributed by atoms with E-state index in [4.69, 9.17) is 9.90 Å². The zero-order valence-corrected chi connectivity index (χ0v) is 21.2. The number of benzene rings is 1. The number of aryl methyl sites for hydroxylation is 1. The number of anilines is 1. The Hall–Kier alpha value is -3.95. The molecule has 1 saturated heterocycles. The molecule has 10 heteroatoms. The summed E-state index contributed by atoms with van der Waals surface area (Å²) in [5, 5.41) is 10.1. The van der Waals surface area contributed by atoms with Crippen molar-refractivity contribution in [2.75, 3.05) is 25.0 Å². The molecule has 1 aliphatic heterocycles. The van der Waals surface area contributed by atoms with Crippen LogP contribution < -0.4 is 5.32 Å². The van der Waals surface area contributed by atoms with Crippen molar-refractivity contribution in [3.8, 4) is 0 Å². The number of halogens is 4. The Morgan fingerprint density at radius 2 is 1.74 bits per heavy atom. The van der Waals surface area contributed by atoms with Crippen molar-refractivity contribution in [1.29, 1.82) is 0 Å². The summed E-state index contributed by atoms with van der Waals surface area (Å²) < 4.78 is 53.6. The first-order valence-electron chi connectivity index (χ1n) is 12.0. The molecule has 1 aliphatic rings. The Morgan fingerprint density at radius 1 is 1.13 bits per heavy atom. The van der Waals surface area contributed by atoms with E-state index in [0.717, 1.165) is 24.5 Å². The molecule has 1 aromatic heterocycles. The predicted octanol–water partition coefficient (Wildman–Crippen LogP) is 6.43. The van der Waals surface area contributed by atoms with Gasteiger partial charge in [-0.1, -0.05) is 29.8 Å². The van der Waals surface area contributed by atoms with Gasteiger partial charge in [0.1, 0.15) is 5.82 Å². The summed E-state index contributed by atoms with van der Waals surface area (Å²) in [7, 11) is 0. The number of hydrogen-bond donors (Lipinski definition) is 2. The number of carbonyl (C=O) groups is 2. The molecule has 0 saturated carbocycles.